The molecular formula is C29H29Cl2N3O5S. The molecule has 40 heavy (non-hydrogen) atoms. The van der Waals surface area contributed by atoms with Crippen molar-refractivity contribution in [3.05, 3.63) is 99.5 Å². The standard InChI is InChI=1S/C29H29Cl2N3O5S/c1-2-15-32-28(36)25(18-20-8-4-3-5-9-20)33(19-21-12-13-23(30)24(31)17-21)27(35)14-16-34-29(37)22-10-6-7-11-26(22)40(34,38)39/h3-13,17,25H,2,14-16,18-19H2,1H3,(H,32,36)/t25-/m1/s1. The van der Waals surface area contributed by atoms with Gasteiger partial charge in [0.05, 0.1) is 15.6 Å². The molecule has 4 rings (SSSR count). The molecule has 1 aliphatic rings. The number of halogens is 2. The maximum absolute atomic E-state index is 13.8. The first-order valence-electron chi connectivity index (χ1n) is 12.8. The number of sulfonamides is 1. The highest BCUT2D eigenvalue weighted by Crippen LogP contribution is 2.30. The van der Waals surface area contributed by atoms with Gasteiger partial charge in [-0.15, -0.1) is 0 Å². The molecule has 0 unspecified atom stereocenters. The molecule has 0 saturated heterocycles. The predicted molar refractivity (Wildman–Crippen MR) is 154 cm³/mol. The van der Waals surface area contributed by atoms with Crippen molar-refractivity contribution in [1.29, 1.82) is 0 Å². The predicted octanol–water partition coefficient (Wildman–Crippen LogP) is 4.69. The van der Waals surface area contributed by atoms with E-state index in [-0.39, 0.29) is 42.3 Å². The van der Waals surface area contributed by atoms with Crippen molar-refractivity contribution >= 4 is 50.9 Å². The summed E-state index contributed by atoms with van der Waals surface area (Å²) in [6.07, 6.45) is 0.627. The fourth-order valence-corrected chi connectivity index (χ4v) is 6.44. The van der Waals surface area contributed by atoms with Gasteiger partial charge in [-0.2, -0.15) is 0 Å². The Labute approximate surface area is 243 Å². The zero-order chi connectivity index (χ0) is 28.9. The van der Waals surface area contributed by atoms with Gasteiger partial charge in [-0.05, 0) is 41.8 Å². The number of hydrogen-bond acceptors (Lipinski definition) is 5. The summed E-state index contributed by atoms with van der Waals surface area (Å²) in [5, 5.41) is 3.53. The molecule has 0 aliphatic carbocycles. The smallest absolute Gasteiger partial charge is 0.269 e. The first-order chi connectivity index (χ1) is 19.1. The van der Waals surface area contributed by atoms with Gasteiger partial charge >= 0.3 is 0 Å². The van der Waals surface area contributed by atoms with Crippen molar-refractivity contribution in [1.82, 2.24) is 14.5 Å². The van der Waals surface area contributed by atoms with E-state index in [0.29, 0.717) is 28.6 Å². The maximum atomic E-state index is 13.8. The van der Waals surface area contributed by atoms with Gasteiger partial charge in [0.1, 0.15) is 10.9 Å². The van der Waals surface area contributed by atoms with Crippen molar-refractivity contribution in [2.24, 2.45) is 0 Å². The van der Waals surface area contributed by atoms with E-state index in [1.54, 1.807) is 30.3 Å². The molecule has 1 atom stereocenters. The third-order valence-electron chi connectivity index (χ3n) is 6.60. The Bertz CT molecular complexity index is 1520. The molecule has 3 aromatic carbocycles. The van der Waals surface area contributed by atoms with E-state index in [1.807, 2.05) is 37.3 Å². The highest BCUT2D eigenvalue weighted by molar-refractivity contribution is 7.90. The van der Waals surface area contributed by atoms with Crippen molar-refractivity contribution in [3.63, 3.8) is 0 Å². The largest absolute Gasteiger partial charge is 0.354 e. The van der Waals surface area contributed by atoms with E-state index in [1.165, 1.54) is 17.0 Å². The second kappa shape index (κ2) is 12.8. The lowest BCUT2D eigenvalue weighted by Crippen LogP contribution is -2.51. The van der Waals surface area contributed by atoms with Crippen LogP contribution in [0.2, 0.25) is 10.0 Å². The van der Waals surface area contributed by atoms with Crippen LogP contribution < -0.4 is 5.32 Å². The molecular weight excluding hydrogens is 573 g/mol. The molecule has 8 nitrogen and oxygen atoms in total. The molecule has 210 valence electrons. The number of amides is 3. The summed E-state index contributed by atoms with van der Waals surface area (Å²) < 4.78 is 26.8. The van der Waals surface area contributed by atoms with Crippen LogP contribution in [-0.4, -0.2) is 54.5 Å². The van der Waals surface area contributed by atoms with Gasteiger partial charge in [0.25, 0.3) is 15.9 Å². The normalized spacial score (nSPS) is 14.5. The Kier molecular flexibility index (Phi) is 9.50. The van der Waals surface area contributed by atoms with Crippen LogP contribution in [0.25, 0.3) is 0 Å². The van der Waals surface area contributed by atoms with Gasteiger partial charge in [0.2, 0.25) is 11.8 Å². The average Bonchev–Trinajstić information content (AvgIpc) is 3.14. The molecule has 1 aliphatic heterocycles. The number of rotatable bonds is 11. The summed E-state index contributed by atoms with van der Waals surface area (Å²) in [7, 11) is -4.08. The molecule has 0 saturated carbocycles. The second-order valence-electron chi connectivity index (χ2n) is 9.40. The zero-order valence-corrected chi connectivity index (χ0v) is 24.2. The Hall–Kier alpha value is -3.40. The van der Waals surface area contributed by atoms with Crippen LogP contribution in [0.15, 0.2) is 77.7 Å². The van der Waals surface area contributed by atoms with E-state index >= 15 is 0 Å². The van der Waals surface area contributed by atoms with Crippen molar-refractivity contribution in [2.45, 2.75) is 43.7 Å². The van der Waals surface area contributed by atoms with Gasteiger partial charge in [-0.25, -0.2) is 12.7 Å². The quantitative estimate of drug-likeness (QED) is 0.343. The summed E-state index contributed by atoms with van der Waals surface area (Å²) in [6, 6.07) is 19.3. The number of nitrogens with one attached hydrogen (secondary N) is 1. The number of fused-ring (bicyclic) bond motifs is 1. The number of carbonyl (C=O) groups excluding carboxylic acids is 3. The van der Waals surface area contributed by atoms with Crippen LogP contribution in [0.3, 0.4) is 0 Å². The lowest BCUT2D eigenvalue weighted by Gasteiger charge is -2.32. The SMILES string of the molecule is CCCNC(=O)[C@@H](Cc1ccccc1)N(Cc1ccc(Cl)c(Cl)c1)C(=O)CCN1C(=O)c2ccccc2S1(=O)=O. The van der Waals surface area contributed by atoms with E-state index in [0.717, 1.165) is 9.87 Å². The first kappa shape index (κ1) is 29.6. The van der Waals surface area contributed by atoms with E-state index in [9.17, 15) is 22.8 Å². The van der Waals surface area contributed by atoms with Crippen LogP contribution in [0.4, 0.5) is 0 Å². The summed E-state index contributed by atoms with van der Waals surface area (Å²) >= 11 is 12.3. The monoisotopic (exact) mass is 601 g/mol. The van der Waals surface area contributed by atoms with E-state index in [4.69, 9.17) is 23.2 Å². The van der Waals surface area contributed by atoms with Crippen LogP contribution in [0.1, 0.15) is 41.3 Å². The van der Waals surface area contributed by atoms with Gasteiger partial charge in [-0.1, -0.05) is 78.7 Å². The minimum absolute atomic E-state index is 0.0215. The first-order valence-corrected chi connectivity index (χ1v) is 15.0. The lowest BCUT2D eigenvalue weighted by atomic mass is 10.0. The number of hydrogen-bond donors (Lipinski definition) is 1. The highest BCUT2D eigenvalue weighted by Gasteiger charge is 2.41. The van der Waals surface area contributed by atoms with Crippen LogP contribution in [0, 0.1) is 0 Å². The third-order valence-corrected chi connectivity index (χ3v) is 9.18. The van der Waals surface area contributed by atoms with Gasteiger partial charge < -0.3 is 10.2 Å². The van der Waals surface area contributed by atoms with Crippen molar-refractivity contribution in [3.8, 4) is 0 Å². The summed E-state index contributed by atoms with van der Waals surface area (Å²) in [5.74, 6) is -1.50. The van der Waals surface area contributed by atoms with Gasteiger partial charge in [-0.3, -0.25) is 14.4 Å². The Morgan fingerprint density at radius 3 is 2.33 bits per heavy atom. The van der Waals surface area contributed by atoms with Crippen molar-refractivity contribution in [2.75, 3.05) is 13.1 Å². The topological polar surface area (TPSA) is 104 Å². The lowest BCUT2D eigenvalue weighted by molar-refractivity contribution is -0.141. The second-order valence-corrected chi connectivity index (χ2v) is 12.0. The Morgan fingerprint density at radius 1 is 0.950 bits per heavy atom. The van der Waals surface area contributed by atoms with Crippen molar-refractivity contribution < 1.29 is 22.8 Å². The number of carbonyl (C=O) groups is 3. The molecule has 0 aromatic heterocycles. The van der Waals surface area contributed by atoms with E-state index < -0.39 is 27.9 Å². The molecule has 1 heterocycles. The van der Waals surface area contributed by atoms with Crippen LogP contribution >= 0.6 is 23.2 Å². The molecule has 0 radical (unpaired) electrons. The molecule has 0 bridgehead atoms. The zero-order valence-electron chi connectivity index (χ0n) is 21.8. The molecule has 3 aromatic rings. The average molecular weight is 603 g/mol. The molecule has 3 amide bonds. The summed E-state index contributed by atoms with van der Waals surface area (Å²) in [5.41, 5.74) is 1.56. The Balaban J connectivity index is 1.64. The minimum Gasteiger partial charge on any atom is -0.354 e. The highest BCUT2D eigenvalue weighted by atomic mass is 35.5. The molecule has 11 heteroatoms. The molecule has 0 spiro atoms. The van der Waals surface area contributed by atoms with Crippen LogP contribution in [0.5, 0.6) is 0 Å². The molecule has 0 fully saturated rings. The summed E-state index contributed by atoms with van der Waals surface area (Å²) in [4.78, 5) is 41.4. The minimum atomic E-state index is -4.08. The third kappa shape index (κ3) is 6.49. The van der Waals surface area contributed by atoms with Gasteiger partial charge in [0, 0.05) is 32.5 Å². The fraction of sp³-hybridized carbons (Fsp3) is 0.276. The number of nitrogens with zero attached hydrogens (tertiary/aromatic N) is 2. The molecule has 1 N–H and O–H groups in total. The van der Waals surface area contributed by atoms with Crippen LogP contribution in [-0.2, 0) is 32.6 Å². The summed E-state index contributed by atoms with van der Waals surface area (Å²) in [6.45, 7) is 2.02. The Morgan fingerprint density at radius 2 is 1.65 bits per heavy atom. The van der Waals surface area contributed by atoms with E-state index in [2.05, 4.69) is 5.32 Å². The maximum Gasteiger partial charge on any atom is 0.269 e. The number of benzene rings is 3. The van der Waals surface area contributed by atoms with Gasteiger partial charge in [0.15, 0.2) is 0 Å². The fourth-order valence-electron chi connectivity index (χ4n) is 4.55.